The predicted octanol–water partition coefficient (Wildman–Crippen LogP) is 4.12. The van der Waals surface area contributed by atoms with E-state index >= 15 is 0 Å². The maximum atomic E-state index is 3.83. The van der Waals surface area contributed by atoms with Gasteiger partial charge in [-0.3, -0.25) is 4.90 Å². The van der Waals surface area contributed by atoms with Crippen molar-refractivity contribution in [1.29, 1.82) is 0 Å². The van der Waals surface area contributed by atoms with Crippen LogP contribution in [0.15, 0.2) is 60.7 Å². The van der Waals surface area contributed by atoms with Gasteiger partial charge in [-0.05, 0) is 43.0 Å². The van der Waals surface area contributed by atoms with Gasteiger partial charge in [-0.1, -0.05) is 74.0 Å². The molecule has 2 aromatic rings. The molecule has 128 valence electrons. The van der Waals surface area contributed by atoms with E-state index in [1.165, 1.54) is 37.1 Å². The van der Waals surface area contributed by atoms with Crippen LogP contribution in [0.2, 0.25) is 0 Å². The molecule has 0 spiro atoms. The molecule has 0 aliphatic carbocycles. The second-order valence-electron chi connectivity index (χ2n) is 6.97. The molecule has 2 aromatic carbocycles. The van der Waals surface area contributed by atoms with E-state index in [0.717, 1.165) is 25.4 Å². The highest BCUT2D eigenvalue weighted by atomic mass is 15.1. The number of piperidine rings is 1. The summed E-state index contributed by atoms with van der Waals surface area (Å²) in [6.07, 6.45) is 3.65. The highest BCUT2D eigenvalue weighted by Gasteiger charge is 2.27. The third kappa shape index (κ3) is 4.93. The quantitative estimate of drug-likeness (QED) is 0.825. The topological polar surface area (TPSA) is 15.3 Å². The van der Waals surface area contributed by atoms with Crippen LogP contribution in [0.1, 0.15) is 30.9 Å². The van der Waals surface area contributed by atoms with Crippen LogP contribution in [0.25, 0.3) is 0 Å². The predicted molar refractivity (Wildman–Crippen MR) is 102 cm³/mol. The van der Waals surface area contributed by atoms with Gasteiger partial charge in [-0.15, -0.1) is 0 Å². The smallest absolute Gasteiger partial charge is 0.0233 e. The van der Waals surface area contributed by atoms with Gasteiger partial charge in [0.05, 0.1) is 0 Å². The van der Waals surface area contributed by atoms with Crippen molar-refractivity contribution in [2.75, 3.05) is 19.6 Å². The standard InChI is InChI=1S/C22H30N2/c1-2-21-18-24(17-20-11-7-4-8-12-20)16-14-22(21)23-15-13-19-9-5-3-6-10-19/h3-12,21-23H,2,13-18H2,1H3. The fourth-order valence-electron chi connectivity index (χ4n) is 3.82. The van der Waals surface area contributed by atoms with Crippen LogP contribution in [0.3, 0.4) is 0 Å². The number of hydrogen-bond donors (Lipinski definition) is 1. The fraction of sp³-hybridized carbons (Fsp3) is 0.455. The van der Waals surface area contributed by atoms with Gasteiger partial charge < -0.3 is 5.32 Å². The van der Waals surface area contributed by atoms with Crippen molar-refractivity contribution in [2.45, 2.75) is 38.8 Å². The SMILES string of the molecule is CCC1CN(Cc2ccccc2)CCC1NCCc1ccccc1. The molecule has 1 aliphatic rings. The van der Waals surface area contributed by atoms with E-state index in [0.29, 0.717) is 6.04 Å². The van der Waals surface area contributed by atoms with E-state index < -0.39 is 0 Å². The minimum absolute atomic E-state index is 0.672. The van der Waals surface area contributed by atoms with Gasteiger partial charge >= 0.3 is 0 Å². The Morgan fingerprint density at radius 2 is 1.62 bits per heavy atom. The molecule has 0 amide bonds. The number of nitrogens with one attached hydrogen (secondary N) is 1. The Bertz CT molecular complexity index is 581. The molecule has 3 rings (SSSR count). The molecule has 24 heavy (non-hydrogen) atoms. The molecule has 0 saturated carbocycles. The molecule has 1 saturated heterocycles. The summed E-state index contributed by atoms with van der Waals surface area (Å²) in [4.78, 5) is 2.62. The summed E-state index contributed by atoms with van der Waals surface area (Å²) in [5.74, 6) is 0.762. The second kappa shape index (κ2) is 9.00. The van der Waals surface area contributed by atoms with Crippen LogP contribution in [-0.2, 0) is 13.0 Å². The first-order valence-corrected chi connectivity index (χ1v) is 9.38. The Kier molecular flexibility index (Phi) is 6.45. The molecule has 2 unspecified atom stereocenters. The van der Waals surface area contributed by atoms with Crippen molar-refractivity contribution in [3.63, 3.8) is 0 Å². The van der Waals surface area contributed by atoms with Crippen LogP contribution in [0, 0.1) is 5.92 Å². The minimum Gasteiger partial charge on any atom is -0.313 e. The van der Waals surface area contributed by atoms with Crippen LogP contribution < -0.4 is 5.32 Å². The Labute approximate surface area is 146 Å². The molecule has 0 bridgehead atoms. The first-order chi connectivity index (χ1) is 11.8. The summed E-state index contributed by atoms with van der Waals surface area (Å²) in [7, 11) is 0. The summed E-state index contributed by atoms with van der Waals surface area (Å²) in [6.45, 7) is 6.93. The van der Waals surface area contributed by atoms with E-state index in [1.54, 1.807) is 0 Å². The lowest BCUT2D eigenvalue weighted by Crippen LogP contribution is -2.49. The summed E-state index contributed by atoms with van der Waals surface area (Å²) < 4.78 is 0. The van der Waals surface area contributed by atoms with E-state index in [1.807, 2.05) is 0 Å². The zero-order valence-corrected chi connectivity index (χ0v) is 14.8. The molecule has 1 heterocycles. The third-order valence-electron chi connectivity index (χ3n) is 5.25. The first kappa shape index (κ1) is 17.2. The second-order valence-corrected chi connectivity index (χ2v) is 6.97. The maximum absolute atomic E-state index is 3.83. The van der Waals surface area contributed by atoms with E-state index in [2.05, 4.69) is 77.8 Å². The maximum Gasteiger partial charge on any atom is 0.0233 e. The summed E-state index contributed by atoms with van der Waals surface area (Å²) in [5.41, 5.74) is 2.86. The zero-order chi connectivity index (χ0) is 16.6. The van der Waals surface area contributed by atoms with Gasteiger partial charge in [0.1, 0.15) is 0 Å². The average Bonchev–Trinajstić information content (AvgIpc) is 2.64. The van der Waals surface area contributed by atoms with E-state index in [9.17, 15) is 0 Å². The van der Waals surface area contributed by atoms with Gasteiger partial charge in [-0.25, -0.2) is 0 Å². The largest absolute Gasteiger partial charge is 0.313 e. The molecule has 2 atom stereocenters. The summed E-state index contributed by atoms with van der Waals surface area (Å²) in [6, 6.07) is 22.3. The van der Waals surface area contributed by atoms with Crippen molar-refractivity contribution in [2.24, 2.45) is 5.92 Å². The van der Waals surface area contributed by atoms with Gasteiger partial charge in [0.15, 0.2) is 0 Å². The molecule has 1 fully saturated rings. The van der Waals surface area contributed by atoms with E-state index in [4.69, 9.17) is 0 Å². The highest BCUT2D eigenvalue weighted by Crippen LogP contribution is 2.22. The van der Waals surface area contributed by atoms with Gasteiger partial charge in [-0.2, -0.15) is 0 Å². The fourth-order valence-corrected chi connectivity index (χ4v) is 3.82. The monoisotopic (exact) mass is 322 g/mol. The summed E-state index contributed by atoms with van der Waals surface area (Å²) >= 11 is 0. The average molecular weight is 322 g/mol. The lowest BCUT2D eigenvalue weighted by molar-refractivity contribution is 0.129. The number of nitrogens with zero attached hydrogens (tertiary/aromatic N) is 1. The molecule has 2 heteroatoms. The van der Waals surface area contributed by atoms with Crippen molar-refractivity contribution in [3.8, 4) is 0 Å². The Balaban J connectivity index is 1.46. The molecular weight excluding hydrogens is 292 g/mol. The van der Waals surface area contributed by atoms with Crippen LogP contribution in [0.5, 0.6) is 0 Å². The molecule has 1 N–H and O–H groups in total. The normalized spacial score (nSPS) is 21.7. The number of likely N-dealkylation sites (tertiary alicyclic amines) is 1. The Morgan fingerprint density at radius 1 is 0.958 bits per heavy atom. The zero-order valence-electron chi connectivity index (χ0n) is 14.8. The van der Waals surface area contributed by atoms with E-state index in [-0.39, 0.29) is 0 Å². The molecule has 0 radical (unpaired) electrons. The lowest BCUT2D eigenvalue weighted by atomic mass is 9.89. The number of benzene rings is 2. The molecule has 0 aromatic heterocycles. The van der Waals surface area contributed by atoms with Gasteiger partial charge in [0.2, 0.25) is 0 Å². The molecular formula is C22H30N2. The van der Waals surface area contributed by atoms with Crippen LogP contribution in [-0.4, -0.2) is 30.6 Å². The van der Waals surface area contributed by atoms with Crippen molar-refractivity contribution >= 4 is 0 Å². The molecule has 2 nitrogen and oxygen atoms in total. The highest BCUT2D eigenvalue weighted by molar-refractivity contribution is 5.15. The van der Waals surface area contributed by atoms with Crippen LogP contribution in [0.4, 0.5) is 0 Å². The molecule has 1 aliphatic heterocycles. The number of hydrogen-bond acceptors (Lipinski definition) is 2. The number of rotatable bonds is 7. The Morgan fingerprint density at radius 3 is 2.29 bits per heavy atom. The lowest BCUT2D eigenvalue weighted by Gasteiger charge is -2.39. The van der Waals surface area contributed by atoms with Gasteiger partial charge in [0, 0.05) is 19.1 Å². The van der Waals surface area contributed by atoms with Crippen molar-refractivity contribution < 1.29 is 0 Å². The van der Waals surface area contributed by atoms with Crippen molar-refractivity contribution in [3.05, 3.63) is 71.8 Å². The summed E-state index contributed by atoms with van der Waals surface area (Å²) in [5, 5.41) is 3.83. The van der Waals surface area contributed by atoms with Gasteiger partial charge in [0.25, 0.3) is 0 Å². The third-order valence-corrected chi connectivity index (χ3v) is 5.25. The first-order valence-electron chi connectivity index (χ1n) is 9.38. The van der Waals surface area contributed by atoms with Crippen LogP contribution >= 0.6 is 0 Å². The minimum atomic E-state index is 0.672. The Hall–Kier alpha value is -1.64. The van der Waals surface area contributed by atoms with Crippen molar-refractivity contribution in [1.82, 2.24) is 10.2 Å².